The van der Waals surface area contributed by atoms with Crippen molar-refractivity contribution in [1.82, 2.24) is 14.8 Å². The van der Waals surface area contributed by atoms with Crippen LogP contribution in [0.1, 0.15) is 29.7 Å². The van der Waals surface area contributed by atoms with Crippen molar-refractivity contribution in [3.8, 4) is 0 Å². The van der Waals surface area contributed by atoms with E-state index in [9.17, 15) is 5.11 Å². The van der Waals surface area contributed by atoms with Crippen LogP contribution >= 0.6 is 11.3 Å². The van der Waals surface area contributed by atoms with E-state index >= 15 is 0 Å². The van der Waals surface area contributed by atoms with Gasteiger partial charge < -0.3 is 9.84 Å². The third-order valence-electron chi connectivity index (χ3n) is 3.59. The summed E-state index contributed by atoms with van der Waals surface area (Å²) in [5, 5.41) is 11.4. The number of β-amino-alcohol motifs (C(OH)–C–C–N with tert-alkyl or cyclic N) is 1. The summed E-state index contributed by atoms with van der Waals surface area (Å²) in [6.07, 6.45) is 1.65. The summed E-state index contributed by atoms with van der Waals surface area (Å²) in [5.41, 5.74) is 0. The number of likely N-dealkylation sites (N-methyl/N-ethyl adjacent to an activating group) is 1. The first kappa shape index (κ1) is 16.8. The Balaban J connectivity index is 1.73. The molecule has 1 unspecified atom stereocenters. The van der Waals surface area contributed by atoms with Gasteiger partial charge in [-0.3, -0.25) is 9.80 Å². The minimum absolute atomic E-state index is 0.314. The molecular weight excluding hydrogens is 286 g/mol. The van der Waals surface area contributed by atoms with Crippen molar-refractivity contribution in [2.24, 2.45) is 0 Å². The second kappa shape index (κ2) is 8.19. The highest BCUT2D eigenvalue weighted by molar-refractivity contribution is 7.11. The summed E-state index contributed by atoms with van der Waals surface area (Å²) in [6, 6.07) is 0. The van der Waals surface area contributed by atoms with Crippen molar-refractivity contribution in [3.05, 3.63) is 16.1 Å². The van der Waals surface area contributed by atoms with E-state index in [1.807, 2.05) is 6.20 Å². The van der Waals surface area contributed by atoms with Gasteiger partial charge in [-0.25, -0.2) is 4.98 Å². The van der Waals surface area contributed by atoms with Crippen LogP contribution in [-0.2, 0) is 11.3 Å². The fourth-order valence-electron chi connectivity index (χ4n) is 2.49. The van der Waals surface area contributed by atoms with Crippen LogP contribution in [0.5, 0.6) is 0 Å². The first-order valence-corrected chi connectivity index (χ1v) is 8.47. The van der Waals surface area contributed by atoms with Crippen molar-refractivity contribution in [2.75, 3.05) is 46.4 Å². The maximum atomic E-state index is 10.2. The maximum absolute atomic E-state index is 10.2. The lowest BCUT2D eigenvalue weighted by Gasteiger charge is -2.29. The number of aliphatic hydroxyl groups excluding tert-OH is 1. The largest absolute Gasteiger partial charge is 0.390 e. The van der Waals surface area contributed by atoms with E-state index in [0.29, 0.717) is 12.5 Å². The summed E-state index contributed by atoms with van der Waals surface area (Å²) < 4.78 is 5.32. The molecule has 120 valence electrons. The summed E-state index contributed by atoms with van der Waals surface area (Å²) in [6.45, 7) is 10.0. The Morgan fingerprint density at radius 3 is 2.76 bits per heavy atom. The smallest absolute Gasteiger partial charge is 0.0953 e. The van der Waals surface area contributed by atoms with Crippen LogP contribution in [0.2, 0.25) is 0 Å². The fourth-order valence-corrected chi connectivity index (χ4v) is 3.49. The summed E-state index contributed by atoms with van der Waals surface area (Å²) in [4.78, 5) is 10.2. The molecule has 0 spiro atoms. The monoisotopic (exact) mass is 313 g/mol. The Morgan fingerprint density at radius 1 is 1.43 bits per heavy atom. The zero-order valence-corrected chi connectivity index (χ0v) is 14.1. The molecule has 2 heterocycles. The summed E-state index contributed by atoms with van der Waals surface area (Å²) in [5.74, 6) is 0.487. The van der Waals surface area contributed by atoms with E-state index < -0.39 is 0 Å². The van der Waals surface area contributed by atoms with E-state index in [1.54, 1.807) is 11.3 Å². The molecule has 1 aromatic rings. The van der Waals surface area contributed by atoms with Crippen LogP contribution in [0.3, 0.4) is 0 Å². The Labute approximate surface area is 131 Å². The predicted molar refractivity (Wildman–Crippen MR) is 85.8 cm³/mol. The van der Waals surface area contributed by atoms with E-state index in [1.165, 1.54) is 9.88 Å². The lowest BCUT2D eigenvalue weighted by atomic mass is 10.2. The molecule has 0 aromatic carbocycles. The second-order valence-corrected chi connectivity index (χ2v) is 7.23. The molecule has 5 nitrogen and oxygen atoms in total. The van der Waals surface area contributed by atoms with Crippen molar-refractivity contribution < 1.29 is 9.84 Å². The number of morpholine rings is 1. The van der Waals surface area contributed by atoms with E-state index in [0.717, 1.165) is 39.4 Å². The van der Waals surface area contributed by atoms with Crippen LogP contribution < -0.4 is 0 Å². The van der Waals surface area contributed by atoms with E-state index in [4.69, 9.17) is 4.74 Å². The SMILES string of the molecule is CC(C)c1ncc(CN(C)CC(O)CN2CCOCC2)s1. The Kier molecular flexibility index (Phi) is 6.57. The molecule has 1 aliphatic heterocycles. The standard InChI is InChI=1S/C15H27N3O2S/c1-12(2)15-16-8-14(21-15)11-17(3)9-13(19)10-18-4-6-20-7-5-18/h8,12-13,19H,4-7,9-11H2,1-3H3. The number of ether oxygens (including phenoxy) is 1. The molecule has 0 radical (unpaired) electrons. The van der Waals surface area contributed by atoms with Gasteiger partial charge >= 0.3 is 0 Å². The normalized spacial score (nSPS) is 18.6. The molecule has 1 aromatic heterocycles. The second-order valence-electron chi connectivity index (χ2n) is 6.08. The molecule has 1 N–H and O–H groups in total. The summed E-state index contributed by atoms with van der Waals surface area (Å²) in [7, 11) is 2.05. The molecule has 0 saturated carbocycles. The number of aromatic nitrogens is 1. The summed E-state index contributed by atoms with van der Waals surface area (Å²) >= 11 is 1.77. The van der Waals surface area contributed by atoms with Gasteiger partial charge in [0.15, 0.2) is 0 Å². The molecular formula is C15H27N3O2S. The van der Waals surface area contributed by atoms with E-state index in [2.05, 4.69) is 35.7 Å². The number of hydrogen-bond donors (Lipinski definition) is 1. The van der Waals surface area contributed by atoms with Gasteiger partial charge in [0.25, 0.3) is 0 Å². The van der Waals surface area contributed by atoms with Crippen molar-refractivity contribution in [1.29, 1.82) is 0 Å². The number of thiazole rings is 1. The van der Waals surface area contributed by atoms with Gasteiger partial charge in [-0.15, -0.1) is 11.3 Å². The molecule has 2 rings (SSSR count). The maximum Gasteiger partial charge on any atom is 0.0953 e. The van der Waals surface area contributed by atoms with Gasteiger partial charge in [-0.1, -0.05) is 13.8 Å². The average molecular weight is 313 g/mol. The Bertz CT molecular complexity index is 419. The first-order valence-electron chi connectivity index (χ1n) is 7.66. The molecule has 1 atom stereocenters. The number of rotatable bonds is 7. The molecule has 1 fully saturated rings. The highest BCUT2D eigenvalue weighted by atomic mass is 32.1. The molecule has 0 bridgehead atoms. The third kappa shape index (κ3) is 5.64. The van der Waals surface area contributed by atoms with Crippen molar-refractivity contribution in [2.45, 2.75) is 32.4 Å². The lowest BCUT2D eigenvalue weighted by molar-refractivity contribution is 0.00830. The molecule has 1 aliphatic rings. The zero-order chi connectivity index (χ0) is 15.2. The Morgan fingerprint density at radius 2 is 2.14 bits per heavy atom. The van der Waals surface area contributed by atoms with Crippen LogP contribution in [0.15, 0.2) is 6.20 Å². The van der Waals surface area contributed by atoms with Gasteiger partial charge in [-0.2, -0.15) is 0 Å². The molecule has 1 saturated heterocycles. The average Bonchev–Trinajstić information content (AvgIpc) is 2.88. The molecule has 6 heteroatoms. The van der Waals surface area contributed by atoms with Crippen LogP contribution in [0.4, 0.5) is 0 Å². The van der Waals surface area contributed by atoms with E-state index in [-0.39, 0.29) is 6.10 Å². The topological polar surface area (TPSA) is 48.8 Å². The first-order chi connectivity index (χ1) is 10.0. The minimum Gasteiger partial charge on any atom is -0.390 e. The quantitative estimate of drug-likeness (QED) is 0.824. The predicted octanol–water partition coefficient (Wildman–Crippen LogP) is 1.39. The number of nitrogens with zero attached hydrogens (tertiary/aromatic N) is 3. The van der Waals surface area contributed by atoms with Crippen LogP contribution in [0, 0.1) is 0 Å². The minimum atomic E-state index is -0.314. The van der Waals surface area contributed by atoms with Crippen molar-refractivity contribution in [3.63, 3.8) is 0 Å². The number of aliphatic hydroxyl groups is 1. The third-order valence-corrected chi connectivity index (χ3v) is 4.87. The van der Waals surface area contributed by atoms with Gasteiger partial charge in [0.2, 0.25) is 0 Å². The van der Waals surface area contributed by atoms with Crippen LogP contribution in [-0.4, -0.2) is 72.4 Å². The number of hydrogen-bond acceptors (Lipinski definition) is 6. The highest BCUT2D eigenvalue weighted by Gasteiger charge is 2.16. The molecule has 0 amide bonds. The van der Waals surface area contributed by atoms with Gasteiger partial charge in [0.05, 0.1) is 24.3 Å². The van der Waals surface area contributed by atoms with Crippen molar-refractivity contribution >= 4 is 11.3 Å². The fraction of sp³-hybridized carbons (Fsp3) is 0.800. The van der Waals surface area contributed by atoms with Crippen LogP contribution in [0.25, 0.3) is 0 Å². The Hall–Kier alpha value is -0.530. The molecule has 0 aliphatic carbocycles. The zero-order valence-electron chi connectivity index (χ0n) is 13.3. The van der Waals surface area contributed by atoms with Gasteiger partial charge in [0, 0.05) is 49.7 Å². The highest BCUT2D eigenvalue weighted by Crippen LogP contribution is 2.21. The van der Waals surface area contributed by atoms with Gasteiger partial charge in [-0.05, 0) is 7.05 Å². The lowest BCUT2D eigenvalue weighted by Crippen LogP contribution is -2.43. The van der Waals surface area contributed by atoms with Gasteiger partial charge in [0.1, 0.15) is 0 Å². The molecule has 21 heavy (non-hydrogen) atoms.